The second-order valence-electron chi connectivity index (χ2n) is 5.57. The smallest absolute Gasteiger partial charge is 0.433 e. The zero-order chi connectivity index (χ0) is 17.7. The number of urea groups is 1. The van der Waals surface area contributed by atoms with Gasteiger partial charge in [0.05, 0.1) is 13.3 Å². The number of piperidine rings is 1. The van der Waals surface area contributed by atoms with Crippen molar-refractivity contribution in [3.8, 4) is 5.75 Å². The molecule has 24 heavy (non-hydrogen) atoms. The second kappa shape index (κ2) is 7.69. The lowest BCUT2D eigenvalue weighted by Gasteiger charge is -2.31. The van der Waals surface area contributed by atoms with Crippen LogP contribution >= 0.6 is 0 Å². The number of carbonyl (C=O) groups is 1. The summed E-state index contributed by atoms with van der Waals surface area (Å²) in [6, 6.07) is 0.320. The van der Waals surface area contributed by atoms with Gasteiger partial charge in [0.1, 0.15) is 17.1 Å². The molecule has 9 heteroatoms. The van der Waals surface area contributed by atoms with Crippen molar-refractivity contribution < 1.29 is 22.7 Å². The van der Waals surface area contributed by atoms with E-state index in [4.69, 9.17) is 4.74 Å². The Morgan fingerprint density at radius 3 is 2.62 bits per heavy atom. The van der Waals surface area contributed by atoms with Crippen LogP contribution in [0.3, 0.4) is 0 Å². The third-order valence-electron chi connectivity index (χ3n) is 3.99. The molecule has 1 saturated heterocycles. The summed E-state index contributed by atoms with van der Waals surface area (Å²) in [5, 5.41) is 5.32. The number of aromatic nitrogens is 1. The first-order valence-corrected chi connectivity index (χ1v) is 7.74. The molecule has 1 aromatic rings. The van der Waals surface area contributed by atoms with Crippen molar-refractivity contribution in [2.24, 2.45) is 0 Å². The van der Waals surface area contributed by atoms with Gasteiger partial charge in [0.15, 0.2) is 0 Å². The van der Waals surface area contributed by atoms with E-state index in [2.05, 4.69) is 27.4 Å². The molecule has 1 aliphatic heterocycles. The molecule has 0 unspecified atom stereocenters. The third kappa shape index (κ3) is 4.73. The fraction of sp³-hybridized carbons (Fsp3) is 0.600. The van der Waals surface area contributed by atoms with Gasteiger partial charge in [-0.15, -0.1) is 0 Å². The van der Waals surface area contributed by atoms with Crippen molar-refractivity contribution in [1.29, 1.82) is 0 Å². The number of amides is 2. The second-order valence-corrected chi connectivity index (χ2v) is 5.57. The van der Waals surface area contributed by atoms with Crippen LogP contribution in [0.15, 0.2) is 12.3 Å². The van der Waals surface area contributed by atoms with Gasteiger partial charge in [0, 0.05) is 25.2 Å². The molecular formula is C15H21F3N4O2. The van der Waals surface area contributed by atoms with E-state index in [-0.39, 0.29) is 17.5 Å². The number of nitrogens with zero attached hydrogens (tertiary/aromatic N) is 2. The van der Waals surface area contributed by atoms with Crippen LogP contribution in [0.5, 0.6) is 5.75 Å². The Balaban J connectivity index is 1.96. The Labute approximate surface area is 138 Å². The highest BCUT2D eigenvalue weighted by Crippen LogP contribution is 2.33. The topological polar surface area (TPSA) is 66.5 Å². The van der Waals surface area contributed by atoms with Crippen molar-refractivity contribution >= 4 is 11.7 Å². The normalized spacial score (nSPS) is 16.7. The van der Waals surface area contributed by atoms with Gasteiger partial charge >= 0.3 is 12.2 Å². The third-order valence-corrected chi connectivity index (χ3v) is 3.99. The minimum Gasteiger partial charge on any atom is -0.494 e. The zero-order valence-corrected chi connectivity index (χ0v) is 13.6. The van der Waals surface area contributed by atoms with E-state index in [9.17, 15) is 18.0 Å². The van der Waals surface area contributed by atoms with Gasteiger partial charge in [0.25, 0.3) is 0 Å². The summed E-state index contributed by atoms with van der Waals surface area (Å²) in [6.45, 7) is 4.89. The molecule has 1 aliphatic rings. The first kappa shape index (κ1) is 18.3. The van der Waals surface area contributed by atoms with Gasteiger partial charge in [-0.1, -0.05) is 6.92 Å². The van der Waals surface area contributed by atoms with Crippen LogP contribution in [-0.4, -0.2) is 48.7 Å². The number of pyridine rings is 1. The van der Waals surface area contributed by atoms with E-state index < -0.39 is 17.9 Å². The van der Waals surface area contributed by atoms with E-state index in [1.54, 1.807) is 0 Å². The number of alkyl halides is 3. The van der Waals surface area contributed by atoms with Crippen LogP contribution in [0, 0.1) is 0 Å². The number of hydrogen-bond donors (Lipinski definition) is 2. The minimum atomic E-state index is -4.57. The van der Waals surface area contributed by atoms with Crippen molar-refractivity contribution in [2.75, 3.05) is 32.1 Å². The minimum absolute atomic E-state index is 0.0428. The largest absolute Gasteiger partial charge is 0.494 e. The summed E-state index contributed by atoms with van der Waals surface area (Å²) in [6.07, 6.45) is -1.95. The lowest BCUT2D eigenvalue weighted by molar-refractivity contribution is -0.141. The molecule has 0 aromatic carbocycles. The molecule has 2 heterocycles. The summed E-state index contributed by atoms with van der Waals surface area (Å²) in [4.78, 5) is 17.7. The highest BCUT2D eigenvalue weighted by Gasteiger charge is 2.33. The maximum atomic E-state index is 12.6. The Hall–Kier alpha value is -2.03. The lowest BCUT2D eigenvalue weighted by Crippen LogP contribution is -2.45. The molecule has 0 aliphatic carbocycles. The maximum Gasteiger partial charge on any atom is 0.433 e. The number of rotatable bonds is 4. The quantitative estimate of drug-likeness (QED) is 0.880. The molecule has 0 radical (unpaired) electrons. The standard InChI is InChI=1S/C15H21F3N4O2/c1-3-22-6-4-10(5-7-22)20-14(23)21-11-9-19-13(15(16,17)18)8-12(11)24-2/h8-10H,3-7H2,1-2H3,(H2,20,21,23). The van der Waals surface area contributed by atoms with Gasteiger partial charge in [-0.25, -0.2) is 9.78 Å². The van der Waals surface area contributed by atoms with Gasteiger partial charge in [-0.05, 0) is 19.4 Å². The van der Waals surface area contributed by atoms with E-state index in [1.807, 2.05) is 0 Å². The number of likely N-dealkylation sites (tertiary alicyclic amines) is 1. The van der Waals surface area contributed by atoms with Crippen molar-refractivity contribution in [3.63, 3.8) is 0 Å². The Morgan fingerprint density at radius 2 is 2.08 bits per heavy atom. The molecule has 6 nitrogen and oxygen atoms in total. The van der Waals surface area contributed by atoms with Gasteiger partial charge in [0.2, 0.25) is 0 Å². The van der Waals surface area contributed by atoms with Gasteiger partial charge in [-0.2, -0.15) is 13.2 Å². The monoisotopic (exact) mass is 346 g/mol. The number of methoxy groups -OCH3 is 1. The molecule has 2 N–H and O–H groups in total. The molecule has 2 rings (SSSR count). The molecule has 1 fully saturated rings. The van der Waals surface area contributed by atoms with Crippen molar-refractivity contribution in [2.45, 2.75) is 32.0 Å². The van der Waals surface area contributed by atoms with Crippen molar-refractivity contribution in [3.05, 3.63) is 18.0 Å². The number of hydrogen-bond acceptors (Lipinski definition) is 4. The lowest BCUT2D eigenvalue weighted by atomic mass is 10.1. The fourth-order valence-corrected chi connectivity index (χ4v) is 2.59. The predicted octanol–water partition coefficient (Wildman–Crippen LogP) is 2.71. The molecule has 0 saturated carbocycles. The van der Waals surface area contributed by atoms with Gasteiger partial charge in [-0.3, -0.25) is 0 Å². The van der Waals surface area contributed by atoms with Crippen LogP contribution in [-0.2, 0) is 6.18 Å². The van der Waals surface area contributed by atoms with Crippen LogP contribution in [0.25, 0.3) is 0 Å². The number of ether oxygens (including phenoxy) is 1. The summed E-state index contributed by atoms with van der Waals surface area (Å²) in [7, 11) is 1.24. The molecule has 0 spiro atoms. The van der Waals surface area contributed by atoms with E-state index in [0.717, 1.165) is 44.7 Å². The number of anilines is 1. The van der Waals surface area contributed by atoms with Crippen LogP contribution in [0.1, 0.15) is 25.5 Å². The maximum absolute atomic E-state index is 12.6. The van der Waals surface area contributed by atoms with Crippen LogP contribution in [0.2, 0.25) is 0 Å². The van der Waals surface area contributed by atoms with E-state index in [0.29, 0.717) is 0 Å². The summed E-state index contributed by atoms with van der Waals surface area (Å²) in [5.74, 6) is -0.0896. The SMILES string of the molecule is CCN1CCC(NC(=O)Nc2cnc(C(F)(F)F)cc2OC)CC1. The average Bonchev–Trinajstić information content (AvgIpc) is 2.54. The van der Waals surface area contributed by atoms with E-state index in [1.165, 1.54) is 7.11 Å². The first-order chi connectivity index (χ1) is 11.3. The number of halogens is 3. The summed E-state index contributed by atoms with van der Waals surface area (Å²) in [5.41, 5.74) is -0.980. The van der Waals surface area contributed by atoms with E-state index >= 15 is 0 Å². The Bertz CT molecular complexity index is 572. The molecule has 2 amide bonds. The highest BCUT2D eigenvalue weighted by molar-refractivity contribution is 5.90. The average molecular weight is 346 g/mol. The first-order valence-electron chi connectivity index (χ1n) is 7.74. The fourth-order valence-electron chi connectivity index (χ4n) is 2.59. The van der Waals surface area contributed by atoms with Crippen LogP contribution < -0.4 is 15.4 Å². The Kier molecular flexibility index (Phi) is 5.87. The van der Waals surface area contributed by atoms with Crippen LogP contribution in [0.4, 0.5) is 23.7 Å². The number of carbonyl (C=O) groups excluding carboxylic acids is 1. The Morgan fingerprint density at radius 1 is 1.42 bits per heavy atom. The molecule has 0 atom stereocenters. The molecule has 134 valence electrons. The van der Waals surface area contributed by atoms with Gasteiger partial charge < -0.3 is 20.3 Å². The van der Waals surface area contributed by atoms with Crippen molar-refractivity contribution in [1.82, 2.24) is 15.2 Å². The highest BCUT2D eigenvalue weighted by atomic mass is 19.4. The molecule has 1 aromatic heterocycles. The summed E-state index contributed by atoms with van der Waals surface area (Å²) < 4.78 is 42.9. The predicted molar refractivity (Wildman–Crippen MR) is 83.1 cm³/mol. The molecular weight excluding hydrogens is 325 g/mol. The zero-order valence-electron chi connectivity index (χ0n) is 13.6. The number of nitrogens with one attached hydrogen (secondary N) is 2. The summed E-state index contributed by atoms with van der Waals surface area (Å²) >= 11 is 0. The molecule has 0 bridgehead atoms.